The van der Waals surface area contributed by atoms with Gasteiger partial charge in [0.25, 0.3) is 0 Å². The van der Waals surface area contributed by atoms with Crippen molar-refractivity contribution in [1.82, 2.24) is 19.9 Å². The van der Waals surface area contributed by atoms with Crippen LogP contribution in [0.4, 0.5) is 10.3 Å². The molecule has 0 unspecified atom stereocenters. The molecule has 9 heteroatoms. The summed E-state index contributed by atoms with van der Waals surface area (Å²) in [6.45, 7) is 6.53. The number of imidazole rings is 1. The van der Waals surface area contributed by atoms with E-state index in [1.165, 1.54) is 12.1 Å². The number of nitrogens with two attached hydrogens (primary N) is 1. The highest BCUT2D eigenvalue weighted by atomic mass is 19.1. The number of hydrogen-bond acceptors (Lipinski definition) is 7. The van der Waals surface area contributed by atoms with E-state index in [1.54, 1.807) is 31.3 Å². The Morgan fingerprint density at radius 3 is 2.53 bits per heavy atom. The molecule has 1 saturated heterocycles. The number of anilines is 1. The number of benzene rings is 1. The number of aromatic amines is 1. The number of ether oxygens (including phenoxy) is 2. The molecule has 1 aliphatic heterocycles. The van der Waals surface area contributed by atoms with Crippen LogP contribution in [0.5, 0.6) is 0 Å². The van der Waals surface area contributed by atoms with Gasteiger partial charge in [0.1, 0.15) is 5.82 Å². The fourth-order valence-electron chi connectivity index (χ4n) is 3.17. The summed E-state index contributed by atoms with van der Waals surface area (Å²) in [5.41, 5.74) is 8.54. The highest BCUT2D eigenvalue weighted by molar-refractivity contribution is 5.77. The molecule has 0 spiro atoms. The van der Waals surface area contributed by atoms with E-state index < -0.39 is 5.79 Å². The van der Waals surface area contributed by atoms with Crippen molar-refractivity contribution < 1.29 is 13.9 Å². The number of H-pyrrole nitrogens is 1. The molecular formula is C21H25FN6O2. The van der Waals surface area contributed by atoms with Gasteiger partial charge in [-0.05, 0) is 51.1 Å². The first-order chi connectivity index (χ1) is 14.3. The molecule has 30 heavy (non-hydrogen) atoms. The third kappa shape index (κ3) is 4.18. The van der Waals surface area contributed by atoms with Crippen molar-refractivity contribution >= 4 is 5.95 Å². The van der Waals surface area contributed by atoms with E-state index in [4.69, 9.17) is 20.2 Å². The standard InChI is InChI=1S/C21H25FN6O2/c1-12(2)25-20-24-9-8-16(26-20)18-17(13-4-6-14(22)7-5-13)27-19(28-18)21(3)29-10-15(23)11-30-21/h4-9,12,15H,10-11,23H2,1-3H3,(H,27,28)(H,24,25,26). The Balaban J connectivity index is 1.80. The molecule has 0 bridgehead atoms. The first-order valence-electron chi connectivity index (χ1n) is 9.84. The Morgan fingerprint density at radius 1 is 1.17 bits per heavy atom. The van der Waals surface area contributed by atoms with Crippen LogP contribution in [0.25, 0.3) is 22.6 Å². The van der Waals surface area contributed by atoms with Crippen LogP contribution in [0.15, 0.2) is 36.5 Å². The molecule has 1 aromatic carbocycles. The minimum absolute atomic E-state index is 0.182. The van der Waals surface area contributed by atoms with Crippen molar-refractivity contribution in [2.75, 3.05) is 18.5 Å². The van der Waals surface area contributed by atoms with E-state index in [0.29, 0.717) is 42.1 Å². The zero-order valence-electron chi connectivity index (χ0n) is 17.1. The fourth-order valence-corrected chi connectivity index (χ4v) is 3.17. The maximum Gasteiger partial charge on any atom is 0.225 e. The normalized spacial score (nSPS) is 21.7. The molecule has 4 N–H and O–H groups in total. The van der Waals surface area contributed by atoms with Gasteiger partial charge in [0.2, 0.25) is 11.7 Å². The average Bonchev–Trinajstić information content (AvgIpc) is 3.17. The molecule has 2 aromatic heterocycles. The van der Waals surface area contributed by atoms with Gasteiger partial charge in [-0.3, -0.25) is 0 Å². The highest BCUT2D eigenvalue weighted by Gasteiger charge is 2.38. The topological polar surface area (TPSA) is 111 Å². The van der Waals surface area contributed by atoms with Crippen molar-refractivity contribution in [2.45, 2.75) is 38.6 Å². The molecule has 0 atom stereocenters. The minimum atomic E-state index is -1.07. The van der Waals surface area contributed by atoms with Gasteiger partial charge in [-0.15, -0.1) is 0 Å². The predicted octanol–water partition coefficient (Wildman–Crippen LogP) is 3.04. The minimum Gasteiger partial charge on any atom is -0.352 e. The maximum absolute atomic E-state index is 13.5. The van der Waals surface area contributed by atoms with E-state index in [2.05, 4.69) is 20.3 Å². The SMILES string of the molecule is CC(C)Nc1nccc(-c2[nH]c(C3(C)OCC(N)CO3)nc2-c2ccc(F)cc2)n1. The summed E-state index contributed by atoms with van der Waals surface area (Å²) in [6, 6.07) is 7.93. The van der Waals surface area contributed by atoms with E-state index in [1.807, 2.05) is 13.8 Å². The third-order valence-corrected chi connectivity index (χ3v) is 4.73. The van der Waals surface area contributed by atoms with Gasteiger partial charge < -0.3 is 25.5 Å². The van der Waals surface area contributed by atoms with Crippen LogP contribution < -0.4 is 11.1 Å². The number of nitrogens with one attached hydrogen (secondary N) is 2. The summed E-state index contributed by atoms with van der Waals surface area (Å²) in [4.78, 5) is 16.9. The van der Waals surface area contributed by atoms with E-state index >= 15 is 0 Å². The van der Waals surface area contributed by atoms with Crippen molar-refractivity contribution in [3.63, 3.8) is 0 Å². The van der Waals surface area contributed by atoms with Gasteiger partial charge in [0.15, 0.2) is 5.82 Å². The fraction of sp³-hybridized carbons (Fsp3) is 0.381. The second-order valence-corrected chi connectivity index (χ2v) is 7.71. The Labute approximate surface area is 174 Å². The lowest BCUT2D eigenvalue weighted by molar-refractivity contribution is -0.273. The lowest BCUT2D eigenvalue weighted by atomic mass is 10.1. The molecule has 0 aliphatic carbocycles. The van der Waals surface area contributed by atoms with Crippen molar-refractivity contribution in [3.8, 4) is 22.6 Å². The summed E-state index contributed by atoms with van der Waals surface area (Å²) in [5.74, 6) is -0.400. The zero-order valence-corrected chi connectivity index (χ0v) is 17.1. The van der Waals surface area contributed by atoms with Crippen LogP contribution in [-0.4, -0.2) is 45.2 Å². The second-order valence-electron chi connectivity index (χ2n) is 7.71. The summed E-state index contributed by atoms with van der Waals surface area (Å²) < 4.78 is 25.2. The van der Waals surface area contributed by atoms with Gasteiger partial charge >= 0.3 is 0 Å². The van der Waals surface area contributed by atoms with Crippen LogP contribution in [-0.2, 0) is 15.3 Å². The van der Waals surface area contributed by atoms with Crippen LogP contribution in [0.3, 0.4) is 0 Å². The molecule has 4 rings (SSSR count). The summed E-state index contributed by atoms with van der Waals surface area (Å²) in [5, 5.41) is 3.19. The number of aromatic nitrogens is 4. The van der Waals surface area contributed by atoms with E-state index in [-0.39, 0.29) is 17.9 Å². The molecule has 0 radical (unpaired) electrons. The molecular weight excluding hydrogens is 387 g/mol. The average molecular weight is 412 g/mol. The van der Waals surface area contributed by atoms with Crippen LogP contribution >= 0.6 is 0 Å². The van der Waals surface area contributed by atoms with Gasteiger partial charge in [-0.1, -0.05) is 0 Å². The molecule has 1 aliphatic rings. The molecule has 3 aromatic rings. The molecule has 0 amide bonds. The molecule has 0 saturated carbocycles. The van der Waals surface area contributed by atoms with Crippen molar-refractivity contribution in [2.24, 2.45) is 5.73 Å². The van der Waals surface area contributed by atoms with E-state index in [9.17, 15) is 4.39 Å². The smallest absolute Gasteiger partial charge is 0.225 e. The van der Waals surface area contributed by atoms with Crippen LogP contribution in [0.1, 0.15) is 26.6 Å². The lowest BCUT2D eigenvalue weighted by Gasteiger charge is -2.34. The Hall–Kier alpha value is -2.88. The molecule has 158 valence electrons. The first-order valence-corrected chi connectivity index (χ1v) is 9.84. The Kier molecular flexibility index (Phi) is 5.50. The number of halogens is 1. The van der Waals surface area contributed by atoms with E-state index in [0.717, 1.165) is 5.56 Å². The summed E-state index contributed by atoms with van der Waals surface area (Å²) >= 11 is 0. The lowest BCUT2D eigenvalue weighted by Crippen LogP contribution is -2.46. The molecule has 3 heterocycles. The summed E-state index contributed by atoms with van der Waals surface area (Å²) in [6.07, 6.45) is 1.68. The second kappa shape index (κ2) is 8.10. The molecule has 8 nitrogen and oxygen atoms in total. The number of nitrogens with zero attached hydrogens (tertiary/aromatic N) is 3. The van der Waals surface area contributed by atoms with Gasteiger partial charge in [0.05, 0.1) is 36.3 Å². The maximum atomic E-state index is 13.5. The third-order valence-electron chi connectivity index (χ3n) is 4.73. The van der Waals surface area contributed by atoms with Gasteiger partial charge in [0, 0.05) is 17.8 Å². The summed E-state index contributed by atoms with van der Waals surface area (Å²) in [7, 11) is 0. The van der Waals surface area contributed by atoms with Crippen LogP contribution in [0.2, 0.25) is 0 Å². The Bertz CT molecular complexity index is 1010. The van der Waals surface area contributed by atoms with Crippen molar-refractivity contribution in [3.05, 3.63) is 48.2 Å². The highest BCUT2D eigenvalue weighted by Crippen LogP contribution is 2.35. The monoisotopic (exact) mass is 412 g/mol. The Morgan fingerprint density at radius 2 is 1.87 bits per heavy atom. The number of rotatable bonds is 5. The van der Waals surface area contributed by atoms with Gasteiger partial charge in [-0.2, -0.15) is 0 Å². The quantitative estimate of drug-likeness (QED) is 0.591. The largest absolute Gasteiger partial charge is 0.352 e. The first kappa shape index (κ1) is 20.4. The predicted molar refractivity (Wildman–Crippen MR) is 111 cm³/mol. The molecule has 1 fully saturated rings. The van der Waals surface area contributed by atoms with Crippen molar-refractivity contribution in [1.29, 1.82) is 0 Å². The number of hydrogen-bond donors (Lipinski definition) is 3. The van der Waals surface area contributed by atoms with Gasteiger partial charge in [-0.25, -0.2) is 19.3 Å². The zero-order chi connectivity index (χ0) is 21.3. The van der Waals surface area contributed by atoms with Crippen LogP contribution in [0, 0.1) is 5.82 Å².